The first-order chi connectivity index (χ1) is 8.58. The van der Waals surface area contributed by atoms with Crippen LogP contribution in [-0.2, 0) is 9.59 Å². The Morgan fingerprint density at radius 1 is 1.22 bits per heavy atom. The van der Waals surface area contributed by atoms with Crippen LogP contribution in [0.25, 0.3) is 0 Å². The van der Waals surface area contributed by atoms with Gasteiger partial charge in [0, 0.05) is 18.6 Å². The zero-order chi connectivity index (χ0) is 12.9. The van der Waals surface area contributed by atoms with Crippen molar-refractivity contribution in [1.82, 2.24) is 9.80 Å². The number of carboxylic acid groups (broad SMARTS) is 1. The first kappa shape index (κ1) is 12.0. The number of fused-ring (bicyclic) bond motifs is 2. The van der Waals surface area contributed by atoms with Crippen LogP contribution < -0.4 is 0 Å². The van der Waals surface area contributed by atoms with Crippen molar-refractivity contribution in [3.05, 3.63) is 0 Å². The molecule has 3 fully saturated rings. The van der Waals surface area contributed by atoms with Crippen molar-refractivity contribution in [2.45, 2.75) is 37.8 Å². The molecule has 1 amide bonds. The maximum atomic E-state index is 12.5. The number of hydrogen-bond acceptors (Lipinski definition) is 3. The van der Waals surface area contributed by atoms with Crippen molar-refractivity contribution in [2.24, 2.45) is 11.8 Å². The second-order valence-electron chi connectivity index (χ2n) is 5.97. The van der Waals surface area contributed by atoms with E-state index in [0.29, 0.717) is 6.42 Å². The Labute approximate surface area is 107 Å². The third-order valence-electron chi connectivity index (χ3n) is 4.85. The number of rotatable bonds is 2. The van der Waals surface area contributed by atoms with Gasteiger partial charge in [-0.2, -0.15) is 0 Å². The minimum atomic E-state index is -0.733. The molecule has 1 N–H and O–H groups in total. The Bertz CT molecular complexity index is 384. The zero-order valence-electron chi connectivity index (χ0n) is 10.7. The van der Waals surface area contributed by atoms with Gasteiger partial charge in [0.15, 0.2) is 0 Å². The molecule has 0 radical (unpaired) electrons. The van der Waals surface area contributed by atoms with Crippen LogP contribution in [0.15, 0.2) is 0 Å². The molecule has 3 saturated heterocycles. The molecule has 5 heteroatoms. The van der Waals surface area contributed by atoms with Crippen LogP contribution in [0.4, 0.5) is 0 Å². The number of carbonyl (C=O) groups is 2. The zero-order valence-corrected chi connectivity index (χ0v) is 10.7. The van der Waals surface area contributed by atoms with Crippen LogP contribution in [0, 0.1) is 11.8 Å². The van der Waals surface area contributed by atoms with E-state index < -0.39 is 5.97 Å². The normalized spacial score (nSPS) is 39.5. The molecule has 3 aliphatic rings. The van der Waals surface area contributed by atoms with Crippen LogP contribution in [0.5, 0.6) is 0 Å². The summed E-state index contributed by atoms with van der Waals surface area (Å²) < 4.78 is 0. The third kappa shape index (κ3) is 1.72. The lowest BCUT2D eigenvalue weighted by atomic mass is 9.89. The number of hydrogen-bond donors (Lipinski definition) is 1. The van der Waals surface area contributed by atoms with Gasteiger partial charge in [0.1, 0.15) is 0 Å². The number of likely N-dealkylation sites (tertiary alicyclic amines) is 1. The maximum Gasteiger partial charge on any atom is 0.308 e. The molecule has 0 spiro atoms. The summed E-state index contributed by atoms with van der Waals surface area (Å²) in [5, 5.41) is 9.20. The first-order valence-electron chi connectivity index (χ1n) is 6.81. The predicted molar refractivity (Wildman–Crippen MR) is 65.0 cm³/mol. The largest absolute Gasteiger partial charge is 0.481 e. The second kappa shape index (κ2) is 4.23. The molecule has 4 unspecified atom stereocenters. The highest BCUT2D eigenvalue weighted by Gasteiger charge is 2.52. The summed E-state index contributed by atoms with van der Waals surface area (Å²) >= 11 is 0. The molecular weight excluding hydrogens is 232 g/mol. The number of amides is 1. The third-order valence-corrected chi connectivity index (χ3v) is 4.85. The quantitative estimate of drug-likeness (QED) is 0.773. The Balaban J connectivity index is 1.73. The number of nitrogens with zero attached hydrogens (tertiary/aromatic N) is 2. The molecule has 0 saturated carbocycles. The van der Waals surface area contributed by atoms with Crippen molar-refractivity contribution in [3.8, 4) is 0 Å². The van der Waals surface area contributed by atoms with Gasteiger partial charge in [-0.05, 0) is 39.3 Å². The fourth-order valence-electron chi connectivity index (χ4n) is 3.94. The minimum Gasteiger partial charge on any atom is -0.481 e. The maximum absolute atomic E-state index is 12.5. The average Bonchev–Trinajstić information content (AvgIpc) is 3.01. The highest BCUT2D eigenvalue weighted by Crippen LogP contribution is 2.43. The van der Waals surface area contributed by atoms with Gasteiger partial charge in [-0.3, -0.25) is 9.59 Å². The average molecular weight is 252 g/mol. The molecule has 0 aromatic rings. The Morgan fingerprint density at radius 3 is 2.56 bits per heavy atom. The highest BCUT2D eigenvalue weighted by molar-refractivity contribution is 5.83. The van der Waals surface area contributed by atoms with Gasteiger partial charge in [0.2, 0.25) is 5.91 Å². The lowest BCUT2D eigenvalue weighted by molar-refractivity contribution is -0.143. The Morgan fingerprint density at radius 2 is 2.00 bits per heavy atom. The van der Waals surface area contributed by atoms with Gasteiger partial charge in [0.25, 0.3) is 0 Å². The number of carboxylic acids is 1. The van der Waals surface area contributed by atoms with Gasteiger partial charge in [-0.15, -0.1) is 0 Å². The van der Waals surface area contributed by atoms with Crippen LogP contribution >= 0.6 is 0 Å². The predicted octanol–water partition coefficient (Wildman–Crippen LogP) is 0.402. The molecule has 0 aromatic carbocycles. The minimum absolute atomic E-state index is 0.0362. The van der Waals surface area contributed by atoms with E-state index in [4.69, 9.17) is 0 Å². The van der Waals surface area contributed by atoms with Crippen molar-refractivity contribution < 1.29 is 14.7 Å². The lowest BCUT2D eigenvalue weighted by Crippen LogP contribution is -2.42. The van der Waals surface area contributed by atoms with Gasteiger partial charge in [-0.1, -0.05) is 0 Å². The summed E-state index contributed by atoms with van der Waals surface area (Å²) in [5.41, 5.74) is 0. The van der Waals surface area contributed by atoms with Gasteiger partial charge >= 0.3 is 5.97 Å². The van der Waals surface area contributed by atoms with E-state index in [1.54, 1.807) is 0 Å². The summed E-state index contributed by atoms with van der Waals surface area (Å²) in [4.78, 5) is 27.8. The SMILES string of the molecule is CN1CCC(C(=O)N2C3CCC2C(C(=O)O)C3)C1. The van der Waals surface area contributed by atoms with Crippen molar-refractivity contribution >= 4 is 11.9 Å². The van der Waals surface area contributed by atoms with E-state index in [0.717, 1.165) is 32.4 Å². The van der Waals surface area contributed by atoms with E-state index in [2.05, 4.69) is 4.90 Å². The number of carbonyl (C=O) groups excluding carboxylic acids is 1. The smallest absolute Gasteiger partial charge is 0.308 e. The van der Waals surface area contributed by atoms with Crippen LogP contribution in [0.2, 0.25) is 0 Å². The summed E-state index contributed by atoms with van der Waals surface area (Å²) in [6.45, 7) is 1.80. The van der Waals surface area contributed by atoms with E-state index in [9.17, 15) is 14.7 Å². The van der Waals surface area contributed by atoms with Crippen molar-refractivity contribution in [1.29, 1.82) is 0 Å². The first-order valence-corrected chi connectivity index (χ1v) is 6.81. The molecule has 0 aliphatic carbocycles. The molecule has 0 aromatic heterocycles. The highest BCUT2D eigenvalue weighted by atomic mass is 16.4. The fourth-order valence-corrected chi connectivity index (χ4v) is 3.94. The molecule has 3 heterocycles. The second-order valence-corrected chi connectivity index (χ2v) is 5.97. The summed E-state index contributed by atoms with van der Waals surface area (Å²) in [6, 6.07) is 0.153. The molecule has 100 valence electrons. The van der Waals surface area contributed by atoms with Crippen LogP contribution in [-0.4, -0.2) is 59.0 Å². The standard InChI is InChI=1S/C13H20N2O3/c1-14-5-4-8(7-14)12(16)15-9-2-3-11(15)10(6-9)13(17)18/h8-11H,2-7H2,1H3,(H,17,18). The van der Waals surface area contributed by atoms with E-state index >= 15 is 0 Å². The fraction of sp³-hybridized carbons (Fsp3) is 0.846. The van der Waals surface area contributed by atoms with Crippen LogP contribution in [0.1, 0.15) is 25.7 Å². The van der Waals surface area contributed by atoms with E-state index in [1.165, 1.54) is 0 Å². The molecular formula is C13H20N2O3. The topological polar surface area (TPSA) is 60.9 Å². The molecule has 2 bridgehead atoms. The summed E-state index contributed by atoms with van der Waals surface area (Å²) in [5.74, 6) is -0.767. The van der Waals surface area contributed by atoms with Crippen molar-refractivity contribution in [3.63, 3.8) is 0 Å². The number of aliphatic carboxylic acids is 1. The van der Waals surface area contributed by atoms with E-state index in [1.807, 2.05) is 11.9 Å². The molecule has 18 heavy (non-hydrogen) atoms. The molecule has 3 rings (SSSR count). The van der Waals surface area contributed by atoms with Gasteiger partial charge in [0.05, 0.1) is 11.8 Å². The summed E-state index contributed by atoms with van der Waals surface area (Å²) in [7, 11) is 2.03. The van der Waals surface area contributed by atoms with Gasteiger partial charge in [-0.25, -0.2) is 0 Å². The van der Waals surface area contributed by atoms with Crippen LogP contribution in [0.3, 0.4) is 0 Å². The van der Waals surface area contributed by atoms with Crippen molar-refractivity contribution in [2.75, 3.05) is 20.1 Å². The Hall–Kier alpha value is -1.10. The monoisotopic (exact) mass is 252 g/mol. The lowest BCUT2D eigenvalue weighted by Gasteiger charge is -2.26. The van der Waals surface area contributed by atoms with E-state index in [-0.39, 0.29) is 29.8 Å². The molecule has 5 nitrogen and oxygen atoms in total. The van der Waals surface area contributed by atoms with Gasteiger partial charge < -0.3 is 14.9 Å². The summed E-state index contributed by atoms with van der Waals surface area (Å²) in [6.07, 6.45) is 3.44. The Kier molecular flexibility index (Phi) is 2.81. The molecule has 4 atom stereocenters. The molecule has 3 aliphatic heterocycles.